The molecule has 0 aliphatic heterocycles. The smallest absolute Gasteiger partial charge is 0.416 e. The number of nitrogens with one attached hydrogen (secondary N) is 1. The average Bonchev–Trinajstić information content (AvgIpc) is 2.81. The summed E-state index contributed by atoms with van der Waals surface area (Å²) in [5, 5.41) is 2.38. The molecule has 0 unspecified atom stereocenters. The number of benzene rings is 2. The molecule has 1 atom stereocenters. The number of imide groups is 1. The molecule has 1 N–H and O–H groups in total. The molecule has 0 radical (unpaired) electrons. The molecule has 2 rings (SSSR count). The second-order valence-electron chi connectivity index (χ2n) is 8.67. The number of rotatable bonds is 9. The van der Waals surface area contributed by atoms with Gasteiger partial charge < -0.3 is 19.5 Å². The number of amides is 3. The molecule has 0 aliphatic carbocycles. The normalized spacial score (nSPS) is 11.7. The number of hydrogen-bond acceptors (Lipinski definition) is 7. The Balaban J connectivity index is 2.06. The van der Waals surface area contributed by atoms with E-state index < -0.39 is 42.1 Å². The Morgan fingerprint density at radius 1 is 0.857 bits per heavy atom. The Labute approximate surface area is 205 Å². The summed E-state index contributed by atoms with van der Waals surface area (Å²) in [4.78, 5) is 51.4. The maximum absolute atomic E-state index is 12.9. The Morgan fingerprint density at radius 3 is 1.86 bits per heavy atom. The molecular weight excluding hydrogens is 452 g/mol. The third-order valence-corrected chi connectivity index (χ3v) is 4.62. The number of esters is 1. The summed E-state index contributed by atoms with van der Waals surface area (Å²) in [6.45, 7) is 6.57. The predicted octanol–water partition coefficient (Wildman–Crippen LogP) is 4.20. The van der Waals surface area contributed by atoms with Crippen molar-refractivity contribution >= 4 is 24.1 Å². The van der Waals surface area contributed by atoms with Gasteiger partial charge >= 0.3 is 18.2 Å². The van der Waals surface area contributed by atoms with Gasteiger partial charge in [0, 0.05) is 6.54 Å². The molecule has 2 aromatic carbocycles. The number of hydrogen-bond donors (Lipinski definition) is 1. The summed E-state index contributed by atoms with van der Waals surface area (Å²) in [6, 6.07) is 16.6. The highest BCUT2D eigenvalue weighted by Gasteiger charge is 2.31. The molecule has 0 spiro atoms. The second kappa shape index (κ2) is 13.1. The zero-order valence-electron chi connectivity index (χ0n) is 20.5. The third kappa shape index (κ3) is 9.87. The van der Waals surface area contributed by atoms with E-state index in [9.17, 15) is 19.2 Å². The first-order chi connectivity index (χ1) is 16.6. The second-order valence-corrected chi connectivity index (χ2v) is 8.67. The SMILES string of the molecule is CCN(C(=O)C[C@H](NC(=O)OC(C)(C)C)C(=O)OCc1ccccc1)C(=O)OCc1ccccc1. The van der Waals surface area contributed by atoms with Crippen LogP contribution in [0.25, 0.3) is 0 Å². The Morgan fingerprint density at radius 2 is 1.37 bits per heavy atom. The van der Waals surface area contributed by atoms with E-state index in [-0.39, 0.29) is 19.8 Å². The molecule has 0 heterocycles. The maximum atomic E-state index is 12.9. The lowest BCUT2D eigenvalue weighted by atomic mass is 10.2. The van der Waals surface area contributed by atoms with Crippen molar-refractivity contribution in [1.29, 1.82) is 0 Å². The summed E-state index contributed by atoms with van der Waals surface area (Å²) in [6.07, 6.45) is -2.25. The van der Waals surface area contributed by atoms with E-state index in [4.69, 9.17) is 14.2 Å². The van der Waals surface area contributed by atoms with E-state index >= 15 is 0 Å². The van der Waals surface area contributed by atoms with Gasteiger partial charge in [-0.1, -0.05) is 60.7 Å². The summed E-state index contributed by atoms with van der Waals surface area (Å²) in [7, 11) is 0. The van der Waals surface area contributed by atoms with E-state index in [0.717, 1.165) is 16.0 Å². The van der Waals surface area contributed by atoms with Crippen molar-refractivity contribution in [2.45, 2.75) is 59.0 Å². The van der Waals surface area contributed by atoms with Crippen LogP contribution >= 0.6 is 0 Å². The van der Waals surface area contributed by atoms with Crippen molar-refractivity contribution in [3.8, 4) is 0 Å². The van der Waals surface area contributed by atoms with Gasteiger partial charge in [-0.25, -0.2) is 19.3 Å². The van der Waals surface area contributed by atoms with E-state index in [1.165, 1.54) is 0 Å². The lowest BCUT2D eigenvalue weighted by molar-refractivity contribution is -0.149. The van der Waals surface area contributed by atoms with Gasteiger partial charge in [0.2, 0.25) is 5.91 Å². The molecule has 3 amide bonds. The molecule has 2 aromatic rings. The van der Waals surface area contributed by atoms with Gasteiger partial charge in [-0.05, 0) is 38.8 Å². The zero-order valence-corrected chi connectivity index (χ0v) is 20.5. The first kappa shape index (κ1) is 27.4. The number of alkyl carbamates (subject to hydrolysis) is 1. The molecule has 0 saturated heterocycles. The first-order valence-corrected chi connectivity index (χ1v) is 11.3. The quantitative estimate of drug-likeness (QED) is 0.419. The van der Waals surface area contributed by atoms with Crippen LogP contribution in [-0.4, -0.2) is 47.2 Å². The highest BCUT2D eigenvalue weighted by Crippen LogP contribution is 2.11. The number of carbonyl (C=O) groups is 4. The van der Waals surface area contributed by atoms with Crippen molar-refractivity contribution < 1.29 is 33.4 Å². The molecule has 0 aromatic heterocycles. The van der Waals surface area contributed by atoms with Gasteiger partial charge in [-0.3, -0.25) is 4.79 Å². The van der Waals surface area contributed by atoms with Crippen molar-refractivity contribution in [2.75, 3.05) is 6.54 Å². The highest BCUT2D eigenvalue weighted by atomic mass is 16.6. The summed E-state index contributed by atoms with van der Waals surface area (Å²) < 4.78 is 15.7. The Kier molecular flexibility index (Phi) is 10.3. The summed E-state index contributed by atoms with van der Waals surface area (Å²) in [5.41, 5.74) is 0.685. The van der Waals surface area contributed by atoms with Crippen LogP contribution in [0.2, 0.25) is 0 Å². The Hall–Kier alpha value is -3.88. The van der Waals surface area contributed by atoms with Gasteiger partial charge in [-0.15, -0.1) is 0 Å². The van der Waals surface area contributed by atoms with E-state index in [1.54, 1.807) is 76.2 Å². The molecule has 0 fully saturated rings. The van der Waals surface area contributed by atoms with Crippen LogP contribution in [0.1, 0.15) is 45.2 Å². The van der Waals surface area contributed by atoms with Crippen LogP contribution in [0.3, 0.4) is 0 Å². The van der Waals surface area contributed by atoms with Crippen LogP contribution in [0.4, 0.5) is 9.59 Å². The van der Waals surface area contributed by atoms with Gasteiger partial charge in [0.05, 0.1) is 6.42 Å². The minimum absolute atomic E-state index is 0.0117. The maximum Gasteiger partial charge on any atom is 0.416 e. The number of nitrogens with zero attached hydrogens (tertiary/aromatic N) is 1. The van der Waals surface area contributed by atoms with Gasteiger partial charge in [0.1, 0.15) is 24.9 Å². The largest absolute Gasteiger partial charge is 0.459 e. The lowest BCUT2D eigenvalue weighted by Gasteiger charge is -2.24. The van der Waals surface area contributed by atoms with Crippen molar-refractivity contribution in [1.82, 2.24) is 10.2 Å². The minimum Gasteiger partial charge on any atom is -0.459 e. The molecule has 188 valence electrons. The fraction of sp³-hybridized carbons (Fsp3) is 0.385. The van der Waals surface area contributed by atoms with Crippen LogP contribution in [-0.2, 0) is 37.0 Å². The van der Waals surface area contributed by atoms with Crippen molar-refractivity contribution in [2.24, 2.45) is 0 Å². The van der Waals surface area contributed by atoms with Crippen LogP contribution in [0.5, 0.6) is 0 Å². The van der Waals surface area contributed by atoms with Gasteiger partial charge in [-0.2, -0.15) is 0 Å². The molecular formula is C26H32N2O7. The predicted molar refractivity (Wildman–Crippen MR) is 128 cm³/mol. The van der Waals surface area contributed by atoms with Crippen LogP contribution in [0.15, 0.2) is 60.7 Å². The fourth-order valence-electron chi connectivity index (χ4n) is 2.96. The molecule has 0 aliphatic rings. The lowest BCUT2D eigenvalue weighted by Crippen LogP contribution is -2.48. The molecule has 0 saturated carbocycles. The standard InChI is InChI=1S/C26H32N2O7/c1-5-28(25(32)34-18-20-14-10-7-11-15-20)22(29)16-21(27-24(31)35-26(2,3)4)23(30)33-17-19-12-8-6-9-13-19/h6-15,21H,5,16-18H2,1-4H3,(H,27,31)/t21-/m0/s1. The van der Waals surface area contributed by atoms with E-state index in [0.29, 0.717) is 0 Å². The van der Waals surface area contributed by atoms with E-state index in [2.05, 4.69) is 5.32 Å². The third-order valence-electron chi connectivity index (χ3n) is 4.62. The summed E-state index contributed by atoms with van der Waals surface area (Å²) in [5.74, 6) is -1.54. The van der Waals surface area contributed by atoms with E-state index in [1.807, 2.05) is 12.1 Å². The van der Waals surface area contributed by atoms with Crippen LogP contribution < -0.4 is 5.32 Å². The van der Waals surface area contributed by atoms with Crippen molar-refractivity contribution in [3.05, 3.63) is 71.8 Å². The topological polar surface area (TPSA) is 111 Å². The summed E-state index contributed by atoms with van der Waals surface area (Å²) >= 11 is 0. The Bertz CT molecular complexity index is 988. The first-order valence-electron chi connectivity index (χ1n) is 11.3. The molecule has 35 heavy (non-hydrogen) atoms. The van der Waals surface area contributed by atoms with Crippen molar-refractivity contribution in [3.63, 3.8) is 0 Å². The number of carbonyl (C=O) groups excluding carboxylic acids is 4. The molecule has 9 heteroatoms. The van der Waals surface area contributed by atoms with Crippen LogP contribution in [0, 0.1) is 0 Å². The van der Waals surface area contributed by atoms with Gasteiger partial charge in [0.15, 0.2) is 0 Å². The minimum atomic E-state index is -1.36. The molecule has 0 bridgehead atoms. The average molecular weight is 485 g/mol. The van der Waals surface area contributed by atoms with Gasteiger partial charge in [0.25, 0.3) is 0 Å². The number of ether oxygens (including phenoxy) is 3. The fourth-order valence-corrected chi connectivity index (χ4v) is 2.96. The molecule has 9 nitrogen and oxygen atoms in total. The zero-order chi connectivity index (χ0) is 25.8. The highest BCUT2D eigenvalue weighted by molar-refractivity contribution is 5.95. The monoisotopic (exact) mass is 484 g/mol.